The molecule has 6 nitrogen and oxygen atoms in total. The SMILES string of the molecule is CC(O)C1C(=O)N2C(C(=O)O)=C(C3CCCN3)S[C@@H]12. The maximum Gasteiger partial charge on any atom is 0.353 e. The van der Waals surface area contributed by atoms with Crippen LogP contribution < -0.4 is 5.32 Å². The summed E-state index contributed by atoms with van der Waals surface area (Å²) < 4.78 is 0. The van der Waals surface area contributed by atoms with E-state index in [1.807, 2.05) is 0 Å². The molecule has 3 unspecified atom stereocenters. The molecule has 0 aliphatic carbocycles. The standard InChI is InChI=1S/C12H16N2O4S/c1-5(15)7-10(16)14-8(12(17)18)9(19-11(7)14)6-3-2-4-13-6/h5-7,11,13,15H,2-4H2,1H3,(H,17,18)/t5?,6?,7?,11-/m0/s1. The molecule has 3 aliphatic heterocycles. The summed E-state index contributed by atoms with van der Waals surface area (Å²) in [5, 5.41) is 22.0. The highest BCUT2D eigenvalue weighted by Gasteiger charge is 2.58. The second-order valence-corrected chi connectivity index (χ2v) is 6.31. The highest BCUT2D eigenvalue weighted by Crippen LogP contribution is 2.51. The van der Waals surface area contributed by atoms with Crippen LogP contribution >= 0.6 is 11.8 Å². The van der Waals surface area contributed by atoms with E-state index < -0.39 is 18.0 Å². The number of hydrogen-bond acceptors (Lipinski definition) is 5. The van der Waals surface area contributed by atoms with Crippen molar-refractivity contribution < 1.29 is 19.8 Å². The summed E-state index contributed by atoms with van der Waals surface area (Å²) in [5.74, 6) is -1.83. The van der Waals surface area contributed by atoms with Crippen LogP contribution in [0.4, 0.5) is 0 Å². The minimum absolute atomic E-state index is 0.0316. The lowest BCUT2D eigenvalue weighted by atomic mass is 9.92. The van der Waals surface area contributed by atoms with Gasteiger partial charge >= 0.3 is 5.97 Å². The molecule has 3 rings (SSSR count). The van der Waals surface area contributed by atoms with Gasteiger partial charge in [-0.25, -0.2) is 4.79 Å². The molecule has 4 atom stereocenters. The van der Waals surface area contributed by atoms with E-state index in [-0.39, 0.29) is 23.0 Å². The molecule has 1 amide bonds. The van der Waals surface area contributed by atoms with Crippen LogP contribution in [0, 0.1) is 5.92 Å². The van der Waals surface area contributed by atoms with Gasteiger partial charge in [-0.2, -0.15) is 0 Å². The Kier molecular flexibility index (Phi) is 3.07. The number of carboxylic acid groups (broad SMARTS) is 1. The number of aliphatic hydroxyl groups excluding tert-OH is 1. The number of rotatable bonds is 3. The Morgan fingerprint density at radius 2 is 2.32 bits per heavy atom. The fourth-order valence-corrected chi connectivity index (χ4v) is 4.69. The molecular weight excluding hydrogens is 268 g/mol. The summed E-state index contributed by atoms with van der Waals surface area (Å²) >= 11 is 1.42. The number of fused-ring (bicyclic) bond motifs is 1. The van der Waals surface area contributed by atoms with Crippen molar-refractivity contribution in [1.29, 1.82) is 0 Å². The van der Waals surface area contributed by atoms with Gasteiger partial charge in [0, 0.05) is 10.9 Å². The van der Waals surface area contributed by atoms with Gasteiger partial charge in [-0.15, -0.1) is 0 Å². The van der Waals surface area contributed by atoms with Gasteiger partial charge in [0.1, 0.15) is 11.1 Å². The fourth-order valence-electron chi connectivity index (χ4n) is 2.96. The number of carboxylic acids is 1. The van der Waals surface area contributed by atoms with Crippen molar-refractivity contribution in [3.8, 4) is 0 Å². The maximum atomic E-state index is 12.0. The van der Waals surface area contributed by atoms with Crippen LogP contribution in [0.3, 0.4) is 0 Å². The van der Waals surface area contributed by atoms with Crippen LogP contribution in [-0.4, -0.2) is 51.1 Å². The van der Waals surface area contributed by atoms with Crippen LogP contribution in [-0.2, 0) is 9.59 Å². The van der Waals surface area contributed by atoms with Gasteiger partial charge in [-0.3, -0.25) is 9.69 Å². The Morgan fingerprint density at radius 1 is 1.58 bits per heavy atom. The number of thioether (sulfide) groups is 1. The van der Waals surface area contributed by atoms with Gasteiger partial charge in [0.2, 0.25) is 5.91 Å². The van der Waals surface area contributed by atoms with E-state index in [1.165, 1.54) is 16.7 Å². The maximum absolute atomic E-state index is 12.0. The summed E-state index contributed by atoms with van der Waals surface area (Å²) in [4.78, 5) is 25.5. The second kappa shape index (κ2) is 4.50. The van der Waals surface area contributed by atoms with Crippen LogP contribution in [0.15, 0.2) is 10.6 Å². The minimum atomic E-state index is -1.06. The van der Waals surface area contributed by atoms with Crippen molar-refractivity contribution in [3.63, 3.8) is 0 Å². The van der Waals surface area contributed by atoms with Crippen LogP contribution in [0.2, 0.25) is 0 Å². The van der Waals surface area contributed by atoms with Gasteiger partial charge in [0.25, 0.3) is 0 Å². The number of carbonyl (C=O) groups excluding carboxylic acids is 1. The first-order valence-corrected chi connectivity index (χ1v) is 7.29. The van der Waals surface area contributed by atoms with Crippen molar-refractivity contribution in [2.45, 2.75) is 37.3 Å². The van der Waals surface area contributed by atoms with E-state index in [0.29, 0.717) is 0 Å². The van der Waals surface area contributed by atoms with Gasteiger partial charge in [-0.05, 0) is 26.3 Å². The highest BCUT2D eigenvalue weighted by atomic mass is 32.2. The molecule has 7 heteroatoms. The molecule has 0 saturated carbocycles. The molecular formula is C12H16N2O4S. The zero-order valence-electron chi connectivity index (χ0n) is 10.5. The summed E-state index contributed by atoms with van der Waals surface area (Å²) in [6.07, 6.45) is 1.17. The van der Waals surface area contributed by atoms with Crippen molar-refractivity contribution in [3.05, 3.63) is 10.6 Å². The molecule has 3 aliphatic rings. The average Bonchev–Trinajstić information content (AvgIpc) is 2.92. The third-order valence-corrected chi connectivity index (χ3v) is 5.38. The number of nitrogens with one attached hydrogen (secondary N) is 1. The van der Waals surface area contributed by atoms with E-state index in [1.54, 1.807) is 6.92 Å². The minimum Gasteiger partial charge on any atom is -0.477 e. The molecule has 0 aromatic rings. The van der Waals surface area contributed by atoms with Crippen molar-refractivity contribution in [2.75, 3.05) is 6.54 Å². The van der Waals surface area contributed by atoms with Crippen LogP contribution in [0.25, 0.3) is 0 Å². The van der Waals surface area contributed by atoms with E-state index in [9.17, 15) is 19.8 Å². The largest absolute Gasteiger partial charge is 0.477 e. The normalized spacial score (nSPS) is 35.4. The van der Waals surface area contributed by atoms with Gasteiger partial charge < -0.3 is 15.5 Å². The average molecular weight is 284 g/mol. The lowest BCUT2D eigenvalue weighted by Crippen LogP contribution is -2.60. The molecule has 104 valence electrons. The molecule has 0 radical (unpaired) electrons. The van der Waals surface area contributed by atoms with Crippen LogP contribution in [0.1, 0.15) is 19.8 Å². The Hall–Kier alpha value is -1.05. The van der Waals surface area contributed by atoms with Crippen molar-refractivity contribution in [1.82, 2.24) is 10.2 Å². The summed E-state index contributed by atoms with van der Waals surface area (Å²) in [6.45, 7) is 2.45. The molecule has 3 heterocycles. The van der Waals surface area contributed by atoms with Crippen molar-refractivity contribution >= 4 is 23.6 Å². The number of nitrogens with zero attached hydrogens (tertiary/aromatic N) is 1. The highest BCUT2D eigenvalue weighted by molar-refractivity contribution is 8.04. The summed E-state index contributed by atoms with van der Waals surface area (Å²) in [6, 6.07) is 0.0316. The molecule has 0 aromatic heterocycles. The summed E-state index contributed by atoms with van der Waals surface area (Å²) in [7, 11) is 0. The topological polar surface area (TPSA) is 89.9 Å². The van der Waals surface area contributed by atoms with E-state index in [4.69, 9.17) is 0 Å². The predicted molar refractivity (Wildman–Crippen MR) is 69.1 cm³/mol. The molecule has 3 N–H and O–H groups in total. The van der Waals surface area contributed by atoms with Crippen LogP contribution in [0.5, 0.6) is 0 Å². The zero-order valence-corrected chi connectivity index (χ0v) is 11.3. The first kappa shape index (κ1) is 13.0. The first-order chi connectivity index (χ1) is 9.02. The Bertz CT molecular complexity index is 470. The fraction of sp³-hybridized carbons (Fsp3) is 0.667. The molecule has 0 spiro atoms. The summed E-state index contributed by atoms with van der Waals surface area (Å²) in [5.41, 5.74) is 0.108. The lowest BCUT2D eigenvalue weighted by molar-refractivity contribution is -0.156. The molecule has 2 fully saturated rings. The third-order valence-electron chi connectivity index (χ3n) is 3.91. The number of β-lactam (4-membered cyclic amide) rings is 1. The lowest BCUT2D eigenvalue weighted by Gasteiger charge is -2.43. The zero-order chi connectivity index (χ0) is 13.7. The number of amides is 1. The van der Waals surface area contributed by atoms with Crippen molar-refractivity contribution in [2.24, 2.45) is 5.92 Å². The molecule has 19 heavy (non-hydrogen) atoms. The monoisotopic (exact) mass is 284 g/mol. The van der Waals surface area contributed by atoms with Gasteiger partial charge in [0.15, 0.2) is 0 Å². The number of carbonyl (C=O) groups is 2. The predicted octanol–water partition coefficient (Wildman–Crippen LogP) is -0.0533. The number of aliphatic carboxylic acids is 1. The second-order valence-electron chi connectivity index (χ2n) is 5.15. The Balaban J connectivity index is 1.91. The van der Waals surface area contributed by atoms with E-state index in [0.717, 1.165) is 24.3 Å². The quantitative estimate of drug-likeness (QED) is 0.629. The van der Waals surface area contributed by atoms with Gasteiger partial charge in [0.05, 0.1) is 12.0 Å². The molecule has 2 saturated heterocycles. The Labute approximate surface area is 114 Å². The number of hydrogen-bond donors (Lipinski definition) is 3. The molecule has 0 bridgehead atoms. The first-order valence-electron chi connectivity index (χ1n) is 6.41. The smallest absolute Gasteiger partial charge is 0.353 e. The Morgan fingerprint density at radius 3 is 2.84 bits per heavy atom. The number of aliphatic hydroxyl groups is 1. The third kappa shape index (κ3) is 1.79. The molecule has 0 aromatic carbocycles. The van der Waals surface area contributed by atoms with E-state index in [2.05, 4.69) is 5.32 Å². The van der Waals surface area contributed by atoms with E-state index >= 15 is 0 Å². The van der Waals surface area contributed by atoms with Gasteiger partial charge in [-0.1, -0.05) is 11.8 Å².